The summed E-state index contributed by atoms with van der Waals surface area (Å²) in [5.41, 5.74) is -0.108. The SMILES string of the molecule is O=C(I)c1ncccc1F. The van der Waals surface area contributed by atoms with Gasteiger partial charge in [0.15, 0.2) is 11.5 Å². The van der Waals surface area contributed by atoms with Crippen molar-refractivity contribution < 1.29 is 9.18 Å². The van der Waals surface area contributed by atoms with Gasteiger partial charge in [-0.1, -0.05) is 0 Å². The van der Waals surface area contributed by atoms with Crippen molar-refractivity contribution in [3.05, 3.63) is 29.8 Å². The van der Waals surface area contributed by atoms with Gasteiger partial charge in [0.2, 0.25) is 3.79 Å². The molecule has 0 aliphatic carbocycles. The maximum Gasteiger partial charge on any atom is 0.243 e. The maximum absolute atomic E-state index is 12.6. The van der Waals surface area contributed by atoms with Crippen LogP contribution in [-0.2, 0) is 0 Å². The van der Waals surface area contributed by atoms with Crippen LogP contribution in [0.5, 0.6) is 0 Å². The smallest absolute Gasteiger partial charge is 0.243 e. The van der Waals surface area contributed by atoms with E-state index in [0.717, 1.165) is 0 Å². The Balaban J connectivity index is 3.15. The number of carbonyl (C=O) groups is 1. The second-order valence-electron chi connectivity index (χ2n) is 1.61. The van der Waals surface area contributed by atoms with Crippen molar-refractivity contribution in [1.29, 1.82) is 0 Å². The number of hydrogen-bond donors (Lipinski definition) is 0. The van der Waals surface area contributed by atoms with Crippen LogP contribution >= 0.6 is 22.6 Å². The highest BCUT2D eigenvalue weighted by Crippen LogP contribution is 2.06. The van der Waals surface area contributed by atoms with Crippen LogP contribution in [0.1, 0.15) is 10.5 Å². The van der Waals surface area contributed by atoms with Gasteiger partial charge < -0.3 is 0 Å². The van der Waals surface area contributed by atoms with E-state index in [1.807, 2.05) is 0 Å². The van der Waals surface area contributed by atoms with Crippen LogP contribution in [0.4, 0.5) is 4.39 Å². The third kappa shape index (κ3) is 1.50. The van der Waals surface area contributed by atoms with Crippen LogP contribution < -0.4 is 0 Å². The highest BCUT2D eigenvalue weighted by Gasteiger charge is 2.07. The lowest BCUT2D eigenvalue weighted by molar-refractivity contribution is 0.109. The summed E-state index contributed by atoms with van der Waals surface area (Å²) in [6.07, 6.45) is 1.38. The molecule has 0 saturated carbocycles. The zero-order chi connectivity index (χ0) is 7.56. The highest BCUT2D eigenvalue weighted by atomic mass is 127. The Morgan fingerprint density at radius 2 is 2.40 bits per heavy atom. The van der Waals surface area contributed by atoms with Crippen molar-refractivity contribution in [3.63, 3.8) is 0 Å². The molecule has 2 nitrogen and oxygen atoms in total. The van der Waals surface area contributed by atoms with Crippen LogP contribution in [0, 0.1) is 5.82 Å². The molecule has 0 unspecified atom stereocenters. The molecule has 4 heteroatoms. The molecule has 10 heavy (non-hydrogen) atoms. The largest absolute Gasteiger partial charge is 0.280 e. The number of halogens is 2. The van der Waals surface area contributed by atoms with Gasteiger partial charge in [0.05, 0.1) is 0 Å². The average molecular weight is 251 g/mol. The summed E-state index contributed by atoms with van der Waals surface area (Å²) in [5.74, 6) is -0.568. The van der Waals surface area contributed by atoms with Crippen molar-refractivity contribution in [2.24, 2.45) is 0 Å². The number of nitrogens with zero attached hydrogens (tertiary/aromatic N) is 1. The van der Waals surface area contributed by atoms with Crippen LogP contribution in [0.15, 0.2) is 18.3 Å². The van der Waals surface area contributed by atoms with Gasteiger partial charge in [-0.05, 0) is 12.1 Å². The molecular formula is C6H3FINO. The Morgan fingerprint density at radius 1 is 1.70 bits per heavy atom. The van der Waals surface area contributed by atoms with Gasteiger partial charge >= 0.3 is 0 Å². The lowest BCUT2D eigenvalue weighted by Crippen LogP contribution is -1.96. The molecule has 0 atom stereocenters. The third-order valence-electron chi connectivity index (χ3n) is 0.945. The Kier molecular flexibility index (Phi) is 2.31. The van der Waals surface area contributed by atoms with Crippen LogP contribution in [0.3, 0.4) is 0 Å². The zero-order valence-corrected chi connectivity index (χ0v) is 7.00. The first kappa shape index (κ1) is 7.59. The van der Waals surface area contributed by atoms with Crippen molar-refractivity contribution in [2.45, 2.75) is 0 Å². The molecule has 1 rings (SSSR count). The van der Waals surface area contributed by atoms with Gasteiger partial charge in [-0.15, -0.1) is 0 Å². The molecule has 0 saturated heterocycles. The summed E-state index contributed by atoms with van der Waals surface area (Å²) in [5, 5.41) is 0. The average Bonchev–Trinajstić information content (AvgIpc) is 1.88. The standard InChI is InChI=1S/C6H3FINO/c7-4-2-1-3-9-5(4)6(8)10/h1-3H. The topological polar surface area (TPSA) is 30.0 Å². The number of hydrogen-bond acceptors (Lipinski definition) is 2. The minimum Gasteiger partial charge on any atom is -0.280 e. The molecule has 52 valence electrons. The summed E-state index contributed by atoms with van der Waals surface area (Å²) in [7, 11) is 0. The van der Waals surface area contributed by atoms with E-state index in [4.69, 9.17) is 0 Å². The van der Waals surface area contributed by atoms with Gasteiger partial charge in [-0.25, -0.2) is 9.37 Å². The summed E-state index contributed by atoms with van der Waals surface area (Å²) in [6.45, 7) is 0. The second-order valence-corrected chi connectivity index (χ2v) is 2.59. The van der Waals surface area contributed by atoms with Gasteiger partial charge in [0.25, 0.3) is 0 Å². The Hall–Kier alpha value is -0.520. The summed E-state index contributed by atoms with van der Waals surface area (Å²) in [4.78, 5) is 14.1. The highest BCUT2D eigenvalue weighted by molar-refractivity contribution is 14.1. The maximum atomic E-state index is 12.6. The Labute approximate surface area is 70.6 Å². The summed E-state index contributed by atoms with van der Waals surface area (Å²) < 4.78 is 12.2. The minimum atomic E-state index is -0.568. The summed E-state index contributed by atoms with van der Waals surface area (Å²) in [6, 6.07) is 2.65. The van der Waals surface area contributed by atoms with E-state index < -0.39 is 5.82 Å². The molecule has 0 aromatic carbocycles. The molecule has 0 aliphatic rings. The van der Waals surface area contributed by atoms with Gasteiger partial charge in [-0.2, -0.15) is 0 Å². The Morgan fingerprint density at radius 3 is 2.80 bits per heavy atom. The number of pyridine rings is 1. The molecule has 1 aromatic heterocycles. The third-order valence-corrected chi connectivity index (χ3v) is 1.46. The first-order valence-electron chi connectivity index (χ1n) is 2.52. The number of rotatable bonds is 1. The quantitative estimate of drug-likeness (QED) is 0.562. The zero-order valence-electron chi connectivity index (χ0n) is 4.84. The minimum absolute atomic E-state index is 0.108. The van der Waals surface area contributed by atoms with E-state index in [1.54, 1.807) is 0 Å². The summed E-state index contributed by atoms with van der Waals surface area (Å²) >= 11 is 1.49. The molecular weight excluding hydrogens is 248 g/mol. The van der Waals surface area contributed by atoms with Crippen LogP contribution in [0.2, 0.25) is 0 Å². The first-order chi connectivity index (χ1) is 4.72. The molecule has 1 aromatic rings. The fraction of sp³-hybridized carbons (Fsp3) is 0. The molecule has 1 heterocycles. The predicted octanol–water partition coefficient (Wildman–Crippen LogP) is 1.80. The molecule has 0 N–H and O–H groups in total. The normalized spacial score (nSPS) is 9.40. The van der Waals surface area contributed by atoms with Gasteiger partial charge in [-0.3, -0.25) is 4.79 Å². The van der Waals surface area contributed by atoms with Crippen LogP contribution in [0.25, 0.3) is 0 Å². The number of carbonyl (C=O) groups excluding carboxylic acids is 1. The van der Waals surface area contributed by atoms with Gasteiger partial charge in [0.1, 0.15) is 0 Å². The van der Waals surface area contributed by atoms with E-state index in [-0.39, 0.29) is 9.48 Å². The van der Waals surface area contributed by atoms with E-state index in [1.165, 1.54) is 40.9 Å². The molecule has 0 amide bonds. The van der Waals surface area contributed by atoms with E-state index in [9.17, 15) is 9.18 Å². The van der Waals surface area contributed by atoms with E-state index >= 15 is 0 Å². The molecule has 0 spiro atoms. The van der Waals surface area contributed by atoms with E-state index in [2.05, 4.69) is 4.98 Å². The molecule has 0 aliphatic heterocycles. The van der Waals surface area contributed by atoms with Crippen LogP contribution in [-0.4, -0.2) is 8.77 Å². The van der Waals surface area contributed by atoms with Crippen molar-refractivity contribution >= 4 is 26.4 Å². The molecule has 0 bridgehead atoms. The fourth-order valence-electron chi connectivity index (χ4n) is 0.530. The van der Waals surface area contributed by atoms with Crippen molar-refractivity contribution in [3.8, 4) is 0 Å². The van der Waals surface area contributed by atoms with E-state index in [0.29, 0.717) is 0 Å². The Bertz CT molecular complexity index is 264. The second kappa shape index (κ2) is 3.05. The lowest BCUT2D eigenvalue weighted by Gasteiger charge is -1.91. The number of aromatic nitrogens is 1. The monoisotopic (exact) mass is 251 g/mol. The van der Waals surface area contributed by atoms with Gasteiger partial charge in [0, 0.05) is 28.8 Å². The fourth-order valence-corrected chi connectivity index (χ4v) is 0.927. The van der Waals surface area contributed by atoms with Crippen molar-refractivity contribution in [1.82, 2.24) is 4.98 Å². The lowest BCUT2D eigenvalue weighted by atomic mass is 10.4. The predicted molar refractivity (Wildman–Crippen MR) is 42.5 cm³/mol. The van der Waals surface area contributed by atoms with Crippen molar-refractivity contribution in [2.75, 3.05) is 0 Å². The first-order valence-corrected chi connectivity index (χ1v) is 3.60. The molecule has 0 radical (unpaired) electrons. The molecule has 0 fully saturated rings.